The summed E-state index contributed by atoms with van der Waals surface area (Å²) < 4.78 is 2.19. The zero-order chi connectivity index (χ0) is 18.0. The van der Waals surface area contributed by atoms with E-state index in [9.17, 15) is 4.79 Å². The molecule has 1 aromatic carbocycles. The summed E-state index contributed by atoms with van der Waals surface area (Å²) in [4.78, 5) is 13.8. The van der Waals surface area contributed by atoms with Crippen LogP contribution in [0.25, 0.3) is 10.7 Å². The summed E-state index contributed by atoms with van der Waals surface area (Å²) >= 11 is 6.91. The van der Waals surface area contributed by atoms with E-state index >= 15 is 0 Å². The number of H-pyrrole nitrogens is 1. The summed E-state index contributed by atoms with van der Waals surface area (Å²) in [7, 11) is 0. The van der Waals surface area contributed by atoms with Crippen molar-refractivity contribution >= 4 is 35.1 Å². The molecule has 3 rings (SSSR count). The molecule has 0 aliphatic heterocycles. The Bertz CT molecular complexity index is 925. The molecule has 0 spiro atoms. The molecule has 0 bridgehead atoms. The average molecular weight is 373 g/mol. The molecule has 2 N–H and O–H groups in total. The van der Waals surface area contributed by atoms with E-state index < -0.39 is 6.04 Å². The summed E-state index contributed by atoms with van der Waals surface area (Å²) in [5.74, 6) is 0.882. The summed E-state index contributed by atoms with van der Waals surface area (Å²) in [5, 5.41) is 12.1. The van der Waals surface area contributed by atoms with Gasteiger partial charge in [-0.1, -0.05) is 38.1 Å². The lowest BCUT2D eigenvalue weighted by Gasteiger charge is -2.18. The molecule has 0 aliphatic rings. The smallest absolute Gasteiger partial charge is 0.247 e. The van der Waals surface area contributed by atoms with Crippen LogP contribution < -0.4 is 5.32 Å². The molecule has 0 saturated heterocycles. The highest BCUT2D eigenvalue weighted by molar-refractivity contribution is 7.71. The van der Waals surface area contributed by atoms with Crippen molar-refractivity contribution in [1.29, 1.82) is 0 Å². The maximum atomic E-state index is 12.8. The first-order chi connectivity index (χ1) is 12.0. The number of carbonyl (C=O) groups is 1. The van der Waals surface area contributed by atoms with Gasteiger partial charge in [0.2, 0.25) is 5.91 Å². The van der Waals surface area contributed by atoms with Crippen molar-refractivity contribution in [3.63, 3.8) is 0 Å². The largest absolute Gasteiger partial charge is 0.324 e. The third-order valence-electron chi connectivity index (χ3n) is 4.05. The zero-order valence-corrected chi connectivity index (χ0v) is 15.9. The fraction of sp³-hybridized carbons (Fsp3) is 0.278. The number of anilines is 1. The fourth-order valence-corrected chi connectivity index (χ4v) is 3.71. The van der Waals surface area contributed by atoms with E-state index in [1.165, 1.54) is 0 Å². The van der Waals surface area contributed by atoms with Gasteiger partial charge in [-0.05, 0) is 48.1 Å². The second-order valence-corrected chi connectivity index (χ2v) is 7.44. The first kappa shape index (κ1) is 17.6. The number of nitrogens with one attached hydrogen (secondary N) is 2. The highest BCUT2D eigenvalue weighted by atomic mass is 32.1. The minimum atomic E-state index is -0.483. The second kappa shape index (κ2) is 7.33. The topological polar surface area (TPSA) is 62.7 Å². The van der Waals surface area contributed by atoms with Crippen LogP contribution in [0.1, 0.15) is 38.3 Å². The summed E-state index contributed by atoms with van der Waals surface area (Å²) in [6, 6.07) is 11.3. The first-order valence-corrected chi connectivity index (χ1v) is 9.38. The molecule has 0 aliphatic carbocycles. The lowest BCUT2D eigenvalue weighted by molar-refractivity contribution is -0.118. The van der Waals surface area contributed by atoms with Gasteiger partial charge in [0, 0.05) is 5.69 Å². The van der Waals surface area contributed by atoms with Crippen molar-refractivity contribution in [3.05, 3.63) is 52.1 Å². The number of hydrogen-bond acceptors (Lipinski definition) is 4. The number of amides is 1. The number of rotatable bonds is 5. The maximum absolute atomic E-state index is 12.8. The minimum Gasteiger partial charge on any atom is -0.324 e. The molecular weight excluding hydrogens is 352 g/mol. The Morgan fingerprint density at radius 1 is 1.24 bits per heavy atom. The number of para-hydroxylation sites is 1. The molecule has 0 radical (unpaired) electrons. The molecule has 2 aromatic heterocycles. The van der Waals surface area contributed by atoms with E-state index in [0.717, 1.165) is 16.1 Å². The SMILES string of the molecule is CC(C)c1ccccc1NC(=O)[C@@H](C)n1c(-c2cccs2)n[nH]c1=S. The normalized spacial score (nSPS) is 12.3. The molecular formula is C18H20N4OS2. The van der Waals surface area contributed by atoms with Crippen molar-refractivity contribution in [1.82, 2.24) is 14.8 Å². The van der Waals surface area contributed by atoms with Crippen molar-refractivity contribution in [2.24, 2.45) is 0 Å². The molecule has 1 atom stereocenters. The van der Waals surface area contributed by atoms with Gasteiger partial charge in [0.05, 0.1) is 4.88 Å². The molecule has 0 unspecified atom stereocenters. The number of nitrogens with zero attached hydrogens (tertiary/aromatic N) is 2. The van der Waals surface area contributed by atoms with Crippen LogP contribution in [0, 0.1) is 4.77 Å². The number of aromatic nitrogens is 3. The molecule has 130 valence electrons. The highest BCUT2D eigenvalue weighted by Gasteiger charge is 2.22. The van der Waals surface area contributed by atoms with Gasteiger partial charge in [0.25, 0.3) is 0 Å². The fourth-order valence-electron chi connectivity index (χ4n) is 2.71. The van der Waals surface area contributed by atoms with Gasteiger partial charge in [-0.25, -0.2) is 0 Å². The van der Waals surface area contributed by atoms with Gasteiger partial charge in [-0.2, -0.15) is 5.10 Å². The van der Waals surface area contributed by atoms with E-state index in [1.807, 2.05) is 48.7 Å². The predicted octanol–water partition coefficient (Wildman–Crippen LogP) is 4.99. The lowest BCUT2D eigenvalue weighted by Crippen LogP contribution is -2.25. The second-order valence-electron chi connectivity index (χ2n) is 6.11. The number of aromatic amines is 1. The van der Waals surface area contributed by atoms with Crippen molar-refractivity contribution in [3.8, 4) is 10.7 Å². The van der Waals surface area contributed by atoms with Gasteiger partial charge >= 0.3 is 0 Å². The number of benzene rings is 1. The third-order valence-corrected chi connectivity index (χ3v) is 5.21. The number of thiophene rings is 1. The summed E-state index contributed by atoms with van der Waals surface area (Å²) in [6.07, 6.45) is 0. The Hall–Kier alpha value is -2.25. The quantitative estimate of drug-likeness (QED) is 0.620. The van der Waals surface area contributed by atoms with Crippen LogP contribution in [0.3, 0.4) is 0 Å². The Labute approximate surface area is 155 Å². The molecule has 1 amide bonds. The van der Waals surface area contributed by atoms with Crippen LogP contribution in [0.5, 0.6) is 0 Å². The Morgan fingerprint density at radius 3 is 2.68 bits per heavy atom. The van der Waals surface area contributed by atoms with Crippen molar-refractivity contribution < 1.29 is 4.79 Å². The molecule has 0 saturated carbocycles. The van der Waals surface area contributed by atoms with Gasteiger partial charge in [-0.15, -0.1) is 11.3 Å². The van der Waals surface area contributed by atoms with Crippen molar-refractivity contribution in [2.45, 2.75) is 32.7 Å². The summed E-state index contributed by atoms with van der Waals surface area (Å²) in [5.41, 5.74) is 1.94. The van der Waals surface area contributed by atoms with Crippen LogP contribution in [-0.2, 0) is 4.79 Å². The van der Waals surface area contributed by atoms with Crippen molar-refractivity contribution in [2.75, 3.05) is 5.32 Å². The Morgan fingerprint density at radius 2 is 2.00 bits per heavy atom. The molecule has 2 heterocycles. The van der Waals surface area contributed by atoms with Gasteiger partial charge in [0.1, 0.15) is 6.04 Å². The van der Waals surface area contributed by atoms with E-state index in [4.69, 9.17) is 12.2 Å². The van der Waals surface area contributed by atoms with Crippen LogP contribution in [0.4, 0.5) is 5.69 Å². The van der Waals surface area contributed by atoms with E-state index in [1.54, 1.807) is 15.9 Å². The molecule has 25 heavy (non-hydrogen) atoms. The Kier molecular flexibility index (Phi) is 5.15. The zero-order valence-electron chi connectivity index (χ0n) is 14.3. The molecule has 0 fully saturated rings. The minimum absolute atomic E-state index is 0.122. The van der Waals surface area contributed by atoms with Gasteiger partial charge < -0.3 is 5.32 Å². The van der Waals surface area contributed by atoms with E-state index in [2.05, 4.69) is 29.4 Å². The van der Waals surface area contributed by atoms with E-state index in [-0.39, 0.29) is 5.91 Å². The standard InChI is InChI=1S/C18H20N4OS2/c1-11(2)13-7-4-5-8-14(13)19-17(23)12(3)22-16(20-21-18(22)24)15-9-6-10-25-15/h4-12H,1-3H3,(H,19,23)(H,21,24)/t12-/m1/s1. The average Bonchev–Trinajstić information content (AvgIpc) is 3.23. The monoisotopic (exact) mass is 372 g/mol. The third kappa shape index (κ3) is 3.57. The number of hydrogen-bond donors (Lipinski definition) is 2. The predicted molar refractivity (Wildman–Crippen MR) is 105 cm³/mol. The van der Waals surface area contributed by atoms with Crippen LogP contribution in [0.2, 0.25) is 0 Å². The highest BCUT2D eigenvalue weighted by Crippen LogP contribution is 2.27. The van der Waals surface area contributed by atoms with Crippen LogP contribution >= 0.6 is 23.6 Å². The molecule has 3 aromatic rings. The lowest BCUT2D eigenvalue weighted by atomic mass is 10.0. The Balaban J connectivity index is 1.90. The van der Waals surface area contributed by atoms with Gasteiger partial charge in [-0.3, -0.25) is 14.5 Å². The first-order valence-electron chi connectivity index (χ1n) is 8.09. The molecule has 5 nitrogen and oxygen atoms in total. The molecule has 7 heteroatoms. The van der Waals surface area contributed by atoms with Gasteiger partial charge in [0.15, 0.2) is 10.6 Å². The van der Waals surface area contributed by atoms with Crippen LogP contribution in [0.15, 0.2) is 41.8 Å². The number of carbonyl (C=O) groups excluding carboxylic acids is 1. The van der Waals surface area contributed by atoms with E-state index in [0.29, 0.717) is 16.5 Å². The summed E-state index contributed by atoms with van der Waals surface area (Å²) in [6.45, 7) is 6.04. The maximum Gasteiger partial charge on any atom is 0.247 e. The van der Waals surface area contributed by atoms with Crippen LogP contribution in [-0.4, -0.2) is 20.7 Å².